The van der Waals surface area contributed by atoms with Crippen LogP contribution in [-0.4, -0.2) is 7.11 Å². The van der Waals surface area contributed by atoms with Gasteiger partial charge in [0.15, 0.2) is 0 Å². The number of rotatable bonds is 3. The zero-order valence-corrected chi connectivity index (χ0v) is 12.1. The summed E-state index contributed by atoms with van der Waals surface area (Å²) in [4.78, 5) is 0. The van der Waals surface area contributed by atoms with Gasteiger partial charge in [-0.15, -0.1) is 0 Å². The van der Waals surface area contributed by atoms with E-state index in [4.69, 9.17) is 4.74 Å². The van der Waals surface area contributed by atoms with Crippen LogP contribution in [0.2, 0.25) is 0 Å². The number of benzene rings is 2. The van der Waals surface area contributed by atoms with Crippen LogP contribution >= 0.6 is 15.9 Å². The molecule has 0 aliphatic rings. The first kappa shape index (κ1) is 12.9. The molecule has 18 heavy (non-hydrogen) atoms. The predicted molar refractivity (Wildman–Crippen MR) is 79.9 cm³/mol. The largest absolute Gasteiger partial charge is 0.497 e. The highest BCUT2D eigenvalue weighted by Crippen LogP contribution is 2.26. The van der Waals surface area contributed by atoms with E-state index in [1.807, 2.05) is 24.3 Å². The molecule has 2 aromatic rings. The number of hydrogen-bond acceptors (Lipinski definition) is 1. The molecule has 92 valence electrons. The summed E-state index contributed by atoms with van der Waals surface area (Å²) >= 11 is 3.51. The first-order valence-electron chi connectivity index (χ1n) is 5.81. The van der Waals surface area contributed by atoms with Crippen LogP contribution in [0.4, 0.5) is 0 Å². The molecular formula is C16H15BrO. The van der Waals surface area contributed by atoms with Crippen molar-refractivity contribution in [3.05, 3.63) is 70.2 Å². The molecule has 0 unspecified atom stereocenters. The molecule has 0 heterocycles. The van der Waals surface area contributed by atoms with Crippen LogP contribution < -0.4 is 4.74 Å². The highest BCUT2D eigenvalue weighted by atomic mass is 79.9. The Morgan fingerprint density at radius 3 is 2.33 bits per heavy atom. The van der Waals surface area contributed by atoms with Gasteiger partial charge in [-0.3, -0.25) is 0 Å². The SMILES string of the molecule is CC=C(c1ccc(OC)cc1)c1cccc(Br)c1. The third-order valence-corrected chi connectivity index (χ3v) is 3.32. The second-order valence-corrected chi connectivity index (χ2v) is 4.86. The van der Waals surface area contributed by atoms with Gasteiger partial charge in [-0.2, -0.15) is 0 Å². The minimum Gasteiger partial charge on any atom is -0.497 e. The summed E-state index contributed by atoms with van der Waals surface area (Å²) in [6, 6.07) is 16.4. The molecule has 0 saturated heterocycles. The molecule has 0 bridgehead atoms. The van der Waals surface area contributed by atoms with Crippen molar-refractivity contribution in [2.24, 2.45) is 0 Å². The predicted octanol–water partition coefficient (Wildman–Crippen LogP) is 4.91. The van der Waals surface area contributed by atoms with Crippen molar-refractivity contribution in [1.29, 1.82) is 0 Å². The van der Waals surface area contributed by atoms with Crippen molar-refractivity contribution >= 4 is 21.5 Å². The van der Waals surface area contributed by atoms with Gasteiger partial charge >= 0.3 is 0 Å². The first-order chi connectivity index (χ1) is 8.74. The molecule has 0 saturated carbocycles. The molecule has 2 aromatic carbocycles. The van der Waals surface area contributed by atoms with E-state index in [-0.39, 0.29) is 0 Å². The molecule has 0 radical (unpaired) electrons. The van der Waals surface area contributed by atoms with Gasteiger partial charge in [0.2, 0.25) is 0 Å². The average Bonchev–Trinajstić information content (AvgIpc) is 2.40. The van der Waals surface area contributed by atoms with Gasteiger partial charge in [-0.05, 0) is 47.9 Å². The van der Waals surface area contributed by atoms with Crippen molar-refractivity contribution in [2.45, 2.75) is 6.92 Å². The standard InChI is InChI=1S/C16H15BrO/c1-3-16(13-5-4-6-14(17)11-13)12-7-9-15(18-2)10-8-12/h3-11H,1-2H3. The molecule has 0 aliphatic carbocycles. The number of ether oxygens (including phenoxy) is 1. The molecule has 0 atom stereocenters. The van der Waals surface area contributed by atoms with Crippen molar-refractivity contribution in [2.75, 3.05) is 7.11 Å². The molecule has 0 fully saturated rings. The van der Waals surface area contributed by atoms with Gasteiger partial charge in [-0.25, -0.2) is 0 Å². The van der Waals surface area contributed by atoms with Crippen LogP contribution in [0.1, 0.15) is 18.1 Å². The molecule has 2 heteroatoms. The fraction of sp³-hybridized carbons (Fsp3) is 0.125. The zero-order valence-electron chi connectivity index (χ0n) is 10.5. The van der Waals surface area contributed by atoms with Crippen LogP contribution in [0, 0.1) is 0 Å². The Morgan fingerprint density at radius 2 is 1.78 bits per heavy atom. The van der Waals surface area contributed by atoms with Crippen LogP contribution in [0.25, 0.3) is 5.57 Å². The Balaban J connectivity index is 2.39. The molecular weight excluding hydrogens is 288 g/mol. The van der Waals surface area contributed by atoms with E-state index in [1.165, 1.54) is 16.7 Å². The third-order valence-electron chi connectivity index (χ3n) is 2.83. The Labute approximate surface area is 116 Å². The van der Waals surface area contributed by atoms with Gasteiger partial charge in [0.05, 0.1) is 7.11 Å². The lowest BCUT2D eigenvalue weighted by atomic mass is 9.98. The summed E-state index contributed by atoms with van der Waals surface area (Å²) in [5.41, 5.74) is 3.62. The van der Waals surface area contributed by atoms with Gasteiger partial charge in [0.1, 0.15) is 5.75 Å². The molecule has 0 aromatic heterocycles. The smallest absolute Gasteiger partial charge is 0.118 e. The second kappa shape index (κ2) is 5.87. The highest BCUT2D eigenvalue weighted by molar-refractivity contribution is 9.10. The summed E-state index contributed by atoms with van der Waals surface area (Å²) in [7, 11) is 1.68. The van der Waals surface area contributed by atoms with Crippen molar-refractivity contribution in [3.63, 3.8) is 0 Å². The Hall–Kier alpha value is -1.54. The fourth-order valence-corrected chi connectivity index (χ4v) is 2.33. The van der Waals surface area contributed by atoms with Crippen molar-refractivity contribution in [1.82, 2.24) is 0 Å². The number of halogens is 1. The normalized spacial score (nSPS) is 11.4. The summed E-state index contributed by atoms with van der Waals surface area (Å²) in [6.45, 7) is 2.06. The maximum atomic E-state index is 5.18. The summed E-state index contributed by atoms with van der Waals surface area (Å²) < 4.78 is 6.27. The molecule has 1 nitrogen and oxygen atoms in total. The van der Waals surface area contributed by atoms with E-state index in [2.05, 4.69) is 53.2 Å². The lowest BCUT2D eigenvalue weighted by Gasteiger charge is -2.09. The number of allylic oxidation sites excluding steroid dienone is 1. The Morgan fingerprint density at radius 1 is 1.06 bits per heavy atom. The third kappa shape index (κ3) is 2.82. The van der Waals surface area contributed by atoms with Gasteiger partial charge in [0, 0.05) is 4.47 Å². The first-order valence-corrected chi connectivity index (χ1v) is 6.60. The quantitative estimate of drug-likeness (QED) is 0.783. The summed E-state index contributed by atoms with van der Waals surface area (Å²) in [5, 5.41) is 0. The maximum absolute atomic E-state index is 5.18. The lowest BCUT2D eigenvalue weighted by Crippen LogP contribution is -1.89. The lowest BCUT2D eigenvalue weighted by molar-refractivity contribution is 0.415. The van der Waals surface area contributed by atoms with E-state index in [9.17, 15) is 0 Å². The summed E-state index contributed by atoms with van der Waals surface area (Å²) in [5.74, 6) is 0.878. The van der Waals surface area contributed by atoms with Crippen LogP contribution in [0.5, 0.6) is 5.75 Å². The molecule has 0 N–H and O–H groups in total. The van der Waals surface area contributed by atoms with E-state index < -0.39 is 0 Å². The topological polar surface area (TPSA) is 9.23 Å². The monoisotopic (exact) mass is 302 g/mol. The van der Waals surface area contributed by atoms with Gasteiger partial charge in [0.25, 0.3) is 0 Å². The molecule has 0 amide bonds. The highest BCUT2D eigenvalue weighted by Gasteiger charge is 2.04. The minimum atomic E-state index is 0.878. The maximum Gasteiger partial charge on any atom is 0.118 e. The van der Waals surface area contributed by atoms with E-state index in [0.29, 0.717) is 0 Å². The van der Waals surface area contributed by atoms with Crippen molar-refractivity contribution < 1.29 is 4.74 Å². The summed E-state index contributed by atoms with van der Waals surface area (Å²) in [6.07, 6.45) is 2.13. The fourth-order valence-electron chi connectivity index (χ4n) is 1.93. The van der Waals surface area contributed by atoms with Crippen LogP contribution in [0.15, 0.2) is 59.1 Å². The molecule has 0 aliphatic heterocycles. The van der Waals surface area contributed by atoms with Gasteiger partial charge in [-0.1, -0.05) is 46.3 Å². The molecule has 0 spiro atoms. The second-order valence-electron chi connectivity index (χ2n) is 3.94. The zero-order chi connectivity index (χ0) is 13.0. The van der Waals surface area contributed by atoms with E-state index in [1.54, 1.807) is 7.11 Å². The molecule has 2 rings (SSSR count). The average molecular weight is 303 g/mol. The van der Waals surface area contributed by atoms with E-state index >= 15 is 0 Å². The minimum absolute atomic E-state index is 0.878. The number of methoxy groups -OCH3 is 1. The van der Waals surface area contributed by atoms with E-state index in [0.717, 1.165) is 10.2 Å². The number of hydrogen-bond donors (Lipinski definition) is 0. The van der Waals surface area contributed by atoms with Crippen molar-refractivity contribution in [3.8, 4) is 5.75 Å². The Kier molecular flexibility index (Phi) is 4.21. The van der Waals surface area contributed by atoms with Crippen LogP contribution in [0.3, 0.4) is 0 Å². The van der Waals surface area contributed by atoms with Crippen LogP contribution in [-0.2, 0) is 0 Å². The van der Waals surface area contributed by atoms with Gasteiger partial charge < -0.3 is 4.74 Å². The Bertz CT molecular complexity index is 556.